The van der Waals surface area contributed by atoms with Crippen LogP contribution in [0.25, 0.3) is 86.2 Å². The van der Waals surface area contributed by atoms with Crippen molar-refractivity contribution in [3.05, 3.63) is 166 Å². The third-order valence-electron chi connectivity index (χ3n) is 26.9. The number of carbonyl (C=O) groups excluding carboxylic acids is 8. The molecule has 18 nitrogen and oxygen atoms in total. The van der Waals surface area contributed by atoms with Gasteiger partial charge in [0.2, 0.25) is 11.8 Å². The van der Waals surface area contributed by atoms with Crippen molar-refractivity contribution in [1.29, 1.82) is 0 Å². The molecular formula is C110H136N6O12. The molecule has 11 aromatic rings. The Morgan fingerprint density at radius 1 is 0.273 bits per heavy atom. The Morgan fingerprint density at radius 2 is 0.508 bits per heavy atom. The second-order valence-electron chi connectivity index (χ2n) is 43.8. The maximum atomic E-state index is 14.1. The Labute approximate surface area is 756 Å². The lowest BCUT2D eigenvalue weighted by molar-refractivity contribution is -0.157. The number of carbonyl (C=O) groups is 8. The minimum absolute atomic E-state index is 0.0259. The van der Waals surface area contributed by atoms with Crippen LogP contribution in [0.1, 0.15) is 298 Å². The standard InChI is InChI=1S/C110H136N6O12/c1-103(2,3)87(117)46-52-109(54-48-91(121)125-105(7,8)9,55-49-92(122)126-106(10,11)12)111-89(119)28-21-19-23-58-113-61-69-30-38-79-83-42-34-73-65-115(66-74-35-43-84(101(83)97(73)74)80-39-31-70(62-113)95(69)99(79)80)77-26-25-27-78(60-77)116-67-75-36-44-85-81-40-32-71-63-114(64-72-33-41-82(100(81)96(71)72)86-45-37-76(68-116)98(75)102(85)86)59-24-20-22-29-90(120)112-110(53-47-88(118)104(4,5)6,56-50-93(123)127-107(13,14)15)57-51-94(124)128-108(16,17)18/h25-27,30-45,60H,19-24,28-29,46-59,61-68H2,1-18H3,(H,111,119)(H,112,120). The lowest BCUT2D eigenvalue weighted by Gasteiger charge is -2.36. The molecule has 678 valence electrons. The molecule has 0 saturated heterocycles. The summed E-state index contributed by atoms with van der Waals surface area (Å²) in [4.78, 5) is 118. The number of hydrogen-bond donors (Lipinski definition) is 2. The summed E-state index contributed by atoms with van der Waals surface area (Å²) >= 11 is 0. The number of amides is 2. The highest BCUT2D eigenvalue weighted by atomic mass is 16.6. The van der Waals surface area contributed by atoms with E-state index in [9.17, 15) is 38.4 Å². The molecule has 0 bridgehead atoms. The number of benzene rings is 11. The van der Waals surface area contributed by atoms with Gasteiger partial charge in [-0.1, -0.05) is 158 Å². The van der Waals surface area contributed by atoms with Crippen LogP contribution in [0.3, 0.4) is 0 Å². The first-order chi connectivity index (χ1) is 60.3. The Balaban J connectivity index is 0.575. The van der Waals surface area contributed by atoms with Gasteiger partial charge in [0.1, 0.15) is 34.0 Å². The molecular weight excluding hydrogens is 1600 g/mol. The summed E-state index contributed by atoms with van der Waals surface area (Å²) in [6.07, 6.45) is 7.41. The van der Waals surface area contributed by atoms with Gasteiger partial charge in [-0.05, 0) is 309 Å². The number of ether oxygens (including phenoxy) is 4. The molecule has 15 rings (SSSR count). The zero-order valence-electron chi connectivity index (χ0n) is 79.4. The quantitative estimate of drug-likeness (QED) is 0.0126. The van der Waals surface area contributed by atoms with E-state index in [-0.39, 0.29) is 113 Å². The second-order valence-corrected chi connectivity index (χ2v) is 43.8. The van der Waals surface area contributed by atoms with Crippen molar-refractivity contribution < 1.29 is 57.3 Å². The van der Waals surface area contributed by atoms with Crippen molar-refractivity contribution >= 4 is 145 Å². The molecule has 11 aromatic carbocycles. The normalized spacial score (nSPS) is 14.9. The van der Waals surface area contributed by atoms with Crippen LogP contribution in [0, 0.1) is 10.8 Å². The van der Waals surface area contributed by atoms with Crippen LogP contribution in [-0.2, 0) is 110 Å². The fraction of sp³-hybridized carbons (Fsp3) is 0.509. The molecule has 2 N–H and O–H groups in total. The largest absolute Gasteiger partial charge is 0.460 e. The number of nitrogens with one attached hydrogen (secondary N) is 2. The van der Waals surface area contributed by atoms with Crippen LogP contribution in [0.15, 0.2) is 121 Å². The minimum atomic E-state index is -0.999. The van der Waals surface area contributed by atoms with E-state index in [1.807, 2.05) is 125 Å². The lowest BCUT2D eigenvalue weighted by atomic mass is 9.79. The molecule has 0 aromatic heterocycles. The number of ketones is 2. The summed E-state index contributed by atoms with van der Waals surface area (Å²) in [6, 6.07) is 47.3. The molecule has 0 atom stereocenters. The number of unbranched alkanes of at least 4 members (excludes halogenated alkanes) is 4. The number of esters is 4. The fourth-order valence-electron chi connectivity index (χ4n) is 20.8. The highest BCUT2D eigenvalue weighted by molar-refractivity contribution is 6.36. The van der Waals surface area contributed by atoms with E-state index >= 15 is 0 Å². The van der Waals surface area contributed by atoms with Gasteiger partial charge in [0.25, 0.3) is 0 Å². The Hall–Kier alpha value is -10.3. The molecule has 18 heteroatoms. The highest BCUT2D eigenvalue weighted by Crippen LogP contribution is 2.51. The summed E-state index contributed by atoms with van der Waals surface area (Å²) in [6.45, 7) is 41.6. The van der Waals surface area contributed by atoms with Crippen LogP contribution in [0.5, 0.6) is 0 Å². The van der Waals surface area contributed by atoms with E-state index < -0.39 is 68.2 Å². The van der Waals surface area contributed by atoms with Crippen LogP contribution in [0.4, 0.5) is 11.4 Å². The number of fused-ring (bicyclic) bond motifs is 4. The Kier molecular flexibility index (Phi) is 26.1. The molecule has 0 unspecified atom stereocenters. The Bertz CT molecular complexity index is 5480. The number of rotatable bonds is 34. The monoisotopic (exact) mass is 1730 g/mol. The average Bonchev–Trinajstić information content (AvgIpc) is 0.702. The third-order valence-corrected chi connectivity index (χ3v) is 26.9. The summed E-state index contributed by atoms with van der Waals surface area (Å²) in [5.41, 5.74) is 7.25. The topological polar surface area (TPSA) is 210 Å². The van der Waals surface area contributed by atoms with Gasteiger partial charge < -0.3 is 39.4 Å². The predicted octanol–water partition coefficient (Wildman–Crippen LogP) is 23.6. The van der Waals surface area contributed by atoms with Crippen molar-refractivity contribution in [3.8, 4) is 0 Å². The SMILES string of the molecule is CC(C)(C)OC(=O)CCC(CCC(=O)OC(C)(C)C)(CCC(=O)C(C)(C)C)NC(=O)CCCCCN1Cc2ccc3c4ccc5c6c(ccc(c7ccc(c2c37)C1)c64)CN(c1cccc(N2Cc3ccc4c6ccc7c8c(ccc(c9ccc(c3c49)C2)c86)CN(CCCCCC(=O)NC(CCC(=O)OC(C)(C)C)(CCC(=O)OC(C)(C)C)CCC(=O)C(C)(C)C)C7)c1)C5. The maximum absolute atomic E-state index is 14.1. The molecule has 4 aliphatic rings. The van der Waals surface area contributed by atoms with Gasteiger partial charge in [0.05, 0.1) is 0 Å². The predicted molar refractivity (Wildman–Crippen MR) is 516 cm³/mol. The van der Waals surface area contributed by atoms with Crippen molar-refractivity contribution in [2.45, 2.75) is 339 Å². The molecule has 0 spiro atoms. The van der Waals surface area contributed by atoms with Crippen LogP contribution in [-0.4, -0.2) is 104 Å². The number of hydrogen-bond acceptors (Lipinski definition) is 16. The molecule has 0 saturated carbocycles. The summed E-state index contributed by atoms with van der Waals surface area (Å²) < 4.78 is 22.8. The van der Waals surface area contributed by atoms with Gasteiger partial charge in [-0.3, -0.25) is 48.2 Å². The molecule has 4 heterocycles. The minimum Gasteiger partial charge on any atom is -0.460 e. The summed E-state index contributed by atoms with van der Waals surface area (Å²) in [5, 5.41) is 28.0. The van der Waals surface area contributed by atoms with Crippen LogP contribution >= 0.6 is 0 Å². The number of Topliss-reactive ketones (excluding diaryl/α,β-unsaturated/α-hetero) is 2. The maximum Gasteiger partial charge on any atom is 0.306 e. The first-order valence-corrected chi connectivity index (χ1v) is 47.3. The fourth-order valence-corrected chi connectivity index (χ4v) is 20.8. The second kappa shape index (κ2) is 36.2. The van der Waals surface area contributed by atoms with E-state index in [2.05, 4.69) is 152 Å². The van der Waals surface area contributed by atoms with Crippen LogP contribution in [0.2, 0.25) is 0 Å². The molecule has 4 aliphatic heterocycles. The zero-order chi connectivity index (χ0) is 91.5. The van der Waals surface area contributed by atoms with Crippen molar-refractivity contribution in [2.75, 3.05) is 22.9 Å². The summed E-state index contributed by atoms with van der Waals surface area (Å²) in [5.74, 6) is -1.79. The van der Waals surface area contributed by atoms with Gasteiger partial charge in [-0.15, -0.1) is 0 Å². The van der Waals surface area contributed by atoms with Crippen LogP contribution < -0.4 is 20.4 Å². The number of anilines is 2. The molecule has 128 heavy (non-hydrogen) atoms. The van der Waals surface area contributed by atoms with E-state index in [0.717, 1.165) is 91.1 Å². The molecule has 0 aliphatic carbocycles. The third kappa shape index (κ3) is 20.9. The van der Waals surface area contributed by atoms with E-state index in [1.165, 1.54) is 142 Å². The van der Waals surface area contributed by atoms with Gasteiger partial charge in [0, 0.05) is 137 Å². The molecule has 0 radical (unpaired) electrons. The van der Waals surface area contributed by atoms with Crippen molar-refractivity contribution in [2.24, 2.45) is 10.8 Å². The summed E-state index contributed by atoms with van der Waals surface area (Å²) in [7, 11) is 0. The lowest BCUT2D eigenvalue weighted by Crippen LogP contribution is -2.50. The Morgan fingerprint density at radius 3 is 0.742 bits per heavy atom. The van der Waals surface area contributed by atoms with Gasteiger partial charge in [0.15, 0.2) is 0 Å². The average molecular weight is 1730 g/mol. The highest BCUT2D eigenvalue weighted by Gasteiger charge is 2.40. The first-order valence-electron chi connectivity index (χ1n) is 47.3. The van der Waals surface area contributed by atoms with Gasteiger partial charge >= 0.3 is 23.9 Å². The van der Waals surface area contributed by atoms with E-state index in [0.29, 0.717) is 12.8 Å². The van der Waals surface area contributed by atoms with E-state index in [4.69, 9.17) is 18.9 Å². The number of nitrogens with zero attached hydrogens (tertiary/aromatic N) is 4. The van der Waals surface area contributed by atoms with Crippen molar-refractivity contribution in [3.63, 3.8) is 0 Å². The van der Waals surface area contributed by atoms with E-state index in [1.54, 1.807) is 0 Å². The molecule has 2 amide bonds. The van der Waals surface area contributed by atoms with Gasteiger partial charge in [-0.2, -0.15) is 0 Å². The van der Waals surface area contributed by atoms with Gasteiger partial charge in [-0.25, -0.2) is 0 Å². The molecule has 0 fully saturated rings. The smallest absolute Gasteiger partial charge is 0.306 e. The van der Waals surface area contributed by atoms with Crippen molar-refractivity contribution in [1.82, 2.24) is 20.4 Å². The zero-order valence-corrected chi connectivity index (χ0v) is 79.4. The first kappa shape index (κ1) is 92.4.